The second-order valence-electron chi connectivity index (χ2n) is 5.02. The van der Waals surface area contributed by atoms with Crippen molar-refractivity contribution < 1.29 is 18.7 Å². The molecule has 0 radical (unpaired) electrons. The van der Waals surface area contributed by atoms with E-state index in [0.717, 1.165) is 0 Å². The zero-order valence-electron chi connectivity index (χ0n) is 10.8. The van der Waals surface area contributed by atoms with Gasteiger partial charge >= 0.3 is 0 Å². The van der Waals surface area contributed by atoms with E-state index in [4.69, 9.17) is 4.74 Å². The van der Waals surface area contributed by atoms with Crippen molar-refractivity contribution in [1.82, 2.24) is 10.6 Å². The van der Waals surface area contributed by atoms with Crippen LogP contribution in [0.15, 0.2) is 18.2 Å². The first-order valence-corrected chi connectivity index (χ1v) is 6.66. The molecule has 0 aromatic heterocycles. The lowest BCUT2D eigenvalue weighted by molar-refractivity contribution is -0.126. The zero-order valence-corrected chi connectivity index (χ0v) is 10.8. The van der Waals surface area contributed by atoms with Crippen LogP contribution in [0.25, 0.3) is 0 Å². The Morgan fingerprint density at radius 1 is 1.40 bits per heavy atom. The number of hydrogen-bond donors (Lipinski definition) is 2. The number of ether oxygens (including phenoxy) is 1. The Labute approximate surface area is 115 Å². The van der Waals surface area contributed by atoms with Gasteiger partial charge in [-0.1, -0.05) is 12.1 Å². The molecule has 3 rings (SSSR count). The largest absolute Gasteiger partial charge is 0.490 e. The maximum Gasteiger partial charge on any atom is 0.243 e. The van der Waals surface area contributed by atoms with Gasteiger partial charge in [0, 0.05) is 18.4 Å². The molecule has 0 aliphatic carbocycles. The summed E-state index contributed by atoms with van der Waals surface area (Å²) < 4.78 is 19.0. The molecule has 106 valence electrons. The van der Waals surface area contributed by atoms with Crippen molar-refractivity contribution in [3.8, 4) is 5.75 Å². The smallest absolute Gasteiger partial charge is 0.243 e. The molecular formula is C14H15FN2O3. The quantitative estimate of drug-likeness (QED) is 0.849. The second-order valence-corrected chi connectivity index (χ2v) is 5.02. The molecule has 0 bridgehead atoms. The van der Waals surface area contributed by atoms with Crippen molar-refractivity contribution in [2.75, 3.05) is 6.61 Å². The van der Waals surface area contributed by atoms with Crippen LogP contribution in [0.1, 0.15) is 30.9 Å². The Hall–Kier alpha value is -2.11. The van der Waals surface area contributed by atoms with E-state index < -0.39 is 11.9 Å². The summed E-state index contributed by atoms with van der Waals surface area (Å²) in [4.78, 5) is 23.2. The molecule has 5 nitrogen and oxygen atoms in total. The van der Waals surface area contributed by atoms with Gasteiger partial charge in [-0.25, -0.2) is 4.39 Å². The number of carbonyl (C=O) groups is 2. The summed E-state index contributed by atoms with van der Waals surface area (Å²) in [6.45, 7) is 0.357. The monoisotopic (exact) mass is 278 g/mol. The molecule has 2 heterocycles. The van der Waals surface area contributed by atoms with Gasteiger partial charge in [0.25, 0.3) is 0 Å². The highest BCUT2D eigenvalue weighted by Gasteiger charge is 2.31. The van der Waals surface area contributed by atoms with Crippen molar-refractivity contribution in [2.45, 2.75) is 31.3 Å². The third kappa shape index (κ3) is 2.33. The summed E-state index contributed by atoms with van der Waals surface area (Å²) in [5.41, 5.74) is 0.647. The summed E-state index contributed by atoms with van der Waals surface area (Å²) >= 11 is 0. The predicted octanol–water partition coefficient (Wildman–Crippen LogP) is 1.04. The second kappa shape index (κ2) is 5.11. The molecule has 0 spiro atoms. The predicted molar refractivity (Wildman–Crippen MR) is 68.6 cm³/mol. The van der Waals surface area contributed by atoms with Gasteiger partial charge in [0.1, 0.15) is 6.04 Å². The van der Waals surface area contributed by atoms with Gasteiger partial charge in [-0.05, 0) is 12.5 Å². The highest BCUT2D eigenvalue weighted by Crippen LogP contribution is 2.34. The fourth-order valence-corrected chi connectivity index (χ4v) is 2.62. The number of fused-ring (bicyclic) bond motifs is 1. The number of para-hydroxylation sites is 1. The highest BCUT2D eigenvalue weighted by atomic mass is 19.1. The average Bonchev–Trinajstić information content (AvgIpc) is 2.87. The first-order valence-electron chi connectivity index (χ1n) is 6.66. The Balaban J connectivity index is 1.75. The lowest BCUT2D eigenvalue weighted by Gasteiger charge is -2.27. The summed E-state index contributed by atoms with van der Waals surface area (Å²) in [6.07, 6.45) is 1.46. The lowest BCUT2D eigenvalue weighted by Crippen LogP contribution is -2.44. The van der Waals surface area contributed by atoms with Gasteiger partial charge in [-0.2, -0.15) is 0 Å². The molecule has 1 fully saturated rings. The van der Waals surface area contributed by atoms with E-state index in [0.29, 0.717) is 31.4 Å². The van der Waals surface area contributed by atoms with Crippen LogP contribution in [0.4, 0.5) is 4.39 Å². The Morgan fingerprint density at radius 2 is 2.25 bits per heavy atom. The maximum atomic E-state index is 13.6. The summed E-state index contributed by atoms with van der Waals surface area (Å²) in [5.74, 6) is -0.545. The van der Waals surface area contributed by atoms with Gasteiger partial charge in [0.15, 0.2) is 11.6 Å². The van der Waals surface area contributed by atoms with Crippen LogP contribution in [-0.2, 0) is 9.59 Å². The average molecular weight is 278 g/mol. The SMILES string of the molecule is O=C1CC[C@H](C(=O)N[C@@H]2CCOc3c(F)cccc32)N1. The molecule has 0 unspecified atom stereocenters. The first-order chi connectivity index (χ1) is 9.65. The van der Waals surface area contributed by atoms with Crippen molar-refractivity contribution in [3.63, 3.8) is 0 Å². The molecule has 2 atom stereocenters. The number of nitrogens with one attached hydrogen (secondary N) is 2. The molecule has 0 saturated carbocycles. The van der Waals surface area contributed by atoms with E-state index >= 15 is 0 Å². The van der Waals surface area contributed by atoms with E-state index in [1.165, 1.54) is 6.07 Å². The topological polar surface area (TPSA) is 67.4 Å². The van der Waals surface area contributed by atoms with Gasteiger partial charge in [0.05, 0.1) is 12.6 Å². The lowest BCUT2D eigenvalue weighted by atomic mass is 9.99. The zero-order chi connectivity index (χ0) is 14.1. The normalized spacial score (nSPS) is 24.6. The van der Waals surface area contributed by atoms with Gasteiger partial charge < -0.3 is 15.4 Å². The van der Waals surface area contributed by atoms with Crippen LogP contribution in [0.5, 0.6) is 5.75 Å². The number of benzene rings is 1. The van der Waals surface area contributed by atoms with E-state index in [-0.39, 0.29) is 23.6 Å². The van der Waals surface area contributed by atoms with Gasteiger partial charge in [0.2, 0.25) is 11.8 Å². The molecule has 1 saturated heterocycles. The van der Waals surface area contributed by atoms with Gasteiger partial charge in [-0.15, -0.1) is 0 Å². The summed E-state index contributed by atoms with van der Waals surface area (Å²) in [6, 6.07) is 3.91. The fourth-order valence-electron chi connectivity index (χ4n) is 2.62. The maximum absolute atomic E-state index is 13.6. The molecule has 2 amide bonds. The third-order valence-corrected chi connectivity index (χ3v) is 3.65. The Bertz CT molecular complexity index is 561. The molecule has 6 heteroatoms. The van der Waals surface area contributed by atoms with Crippen LogP contribution in [-0.4, -0.2) is 24.5 Å². The minimum Gasteiger partial charge on any atom is -0.490 e. The van der Waals surface area contributed by atoms with E-state index in [2.05, 4.69) is 10.6 Å². The van der Waals surface area contributed by atoms with Crippen molar-refractivity contribution in [1.29, 1.82) is 0 Å². The molecule has 2 N–H and O–H groups in total. The van der Waals surface area contributed by atoms with Crippen LogP contribution in [0, 0.1) is 5.82 Å². The molecule has 2 aliphatic heterocycles. The van der Waals surface area contributed by atoms with Crippen LogP contribution in [0.2, 0.25) is 0 Å². The highest BCUT2D eigenvalue weighted by molar-refractivity contribution is 5.91. The minimum absolute atomic E-state index is 0.108. The molecule has 1 aromatic rings. The van der Waals surface area contributed by atoms with Crippen LogP contribution < -0.4 is 15.4 Å². The molecule has 20 heavy (non-hydrogen) atoms. The van der Waals surface area contributed by atoms with Crippen LogP contribution >= 0.6 is 0 Å². The van der Waals surface area contributed by atoms with E-state index in [1.54, 1.807) is 12.1 Å². The fraction of sp³-hybridized carbons (Fsp3) is 0.429. The van der Waals surface area contributed by atoms with Gasteiger partial charge in [-0.3, -0.25) is 9.59 Å². The molecule has 1 aromatic carbocycles. The number of halogens is 1. The standard InChI is InChI=1S/C14H15FN2O3/c15-9-3-1-2-8-10(6-7-20-13(8)9)17-14(19)11-4-5-12(18)16-11/h1-3,10-11H,4-7H2,(H,16,18)(H,17,19)/t10-,11-/m1/s1. The number of amides is 2. The molecule has 2 aliphatic rings. The van der Waals surface area contributed by atoms with Crippen molar-refractivity contribution >= 4 is 11.8 Å². The van der Waals surface area contributed by atoms with Crippen molar-refractivity contribution in [2.24, 2.45) is 0 Å². The van der Waals surface area contributed by atoms with E-state index in [1.807, 2.05) is 0 Å². The number of rotatable bonds is 2. The van der Waals surface area contributed by atoms with Crippen molar-refractivity contribution in [3.05, 3.63) is 29.6 Å². The molecular weight excluding hydrogens is 263 g/mol. The Kier molecular flexibility index (Phi) is 3.30. The Morgan fingerprint density at radius 3 is 3.00 bits per heavy atom. The number of hydrogen-bond acceptors (Lipinski definition) is 3. The minimum atomic E-state index is -0.484. The summed E-state index contributed by atoms with van der Waals surface area (Å²) in [5, 5.41) is 5.49. The van der Waals surface area contributed by atoms with Crippen LogP contribution in [0.3, 0.4) is 0 Å². The summed E-state index contributed by atoms with van der Waals surface area (Å²) in [7, 11) is 0. The number of carbonyl (C=O) groups excluding carboxylic acids is 2. The first kappa shape index (κ1) is 12.9. The third-order valence-electron chi connectivity index (χ3n) is 3.65. The van der Waals surface area contributed by atoms with E-state index in [9.17, 15) is 14.0 Å².